The van der Waals surface area contributed by atoms with Gasteiger partial charge in [0, 0.05) is 5.57 Å². The molecule has 2 nitrogen and oxygen atoms in total. The minimum Gasteiger partial charge on any atom is -0.478 e. The second-order valence-corrected chi connectivity index (χ2v) is 2.54. The van der Waals surface area contributed by atoms with E-state index in [4.69, 9.17) is 5.11 Å². The highest BCUT2D eigenvalue weighted by Crippen LogP contribution is 2.05. The Morgan fingerprint density at radius 3 is 2.42 bits per heavy atom. The number of carboxylic acid groups (broad SMARTS) is 1. The van der Waals surface area contributed by atoms with E-state index < -0.39 is 5.97 Å². The van der Waals surface area contributed by atoms with Crippen LogP contribution in [0.3, 0.4) is 0 Å². The lowest BCUT2D eigenvalue weighted by Crippen LogP contribution is -1.95. The Balaban J connectivity index is 2.89. The molecule has 0 amide bonds. The Bertz CT molecular complexity index is 299. The van der Waals surface area contributed by atoms with E-state index in [0.29, 0.717) is 5.57 Å². The van der Waals surface area contributed by atoms with Crippen LogP contribution in [0.5, 0.6) is 0 Å². The van der Waals surface area contributed by atoms with Crippen molar-refractivity contribution < 1.29 is 9.90 Å². The van der Waals surface area contributed by atoms with Crippen molar-refractivity contribution in [1.82, 2.24) is 0 Å². The SMILES string of the molecule is C/C(=C/c1ccccc1)C(=O)O. The van der Waals surface area contributed by atoms with Gasteiger partial charge in [-0.1, -0.05) is 30.3 Å². The molecule has 1 aromatic rings. The van der Waals surface area contributed by atoms with Gasteiger partial charge in [0.15, 0.2) is 0 Å². The first-order chi connectivity index (χ1) is 5.70. The van der Waals surface area contributed by atoms with E-state index in [1.54, 1.807) is 13.0 Å². The largest absolute Gasteiger partial charge is 0.478 e. The van der Waals surface area contributed by atoms with Crippen molar-refractivity contribution in [2.45, 2.75) is 6.92 Å². The molecule has 0 atom stereocenters. The van der Waals surface area contributed by atoms with Crippen molar-refractivity contribution >= 4 is 12.0 Å². The number of aliphatic carboxylic acids is 1. The van der Waals surface area contributed by atoms with Gasteiger partial charge in [-0.15, -0.1) is 0 Å². The minimum atomic E-state index is -0.876. The highest BCUT2D eigenvalue weighted by atomic mass is 16.4. The van der Waals surface area contributed by atoms with Gasteiger partial charge in [0.25, 0.3) is 0 Å². The molecule has 0 spiro atoms. The van der Waals surface area contributed by atoms with Crippen molar-refractivity contribution in [1.29, 1.82) is 0 Å². The first-order valence-corrected chi connectivity index (χ1v) is 3.67. The van der Waals surface area contributed by atoms with Crippen LogP contribution in [0.1, 0.15) is 12.5 Å². The summed E-state index contributed by atoms with van der Waals surface area (Å²) in [6.45, 7) is 1.58. The number of rotatable bonds is 2. The van der Waals surface area contributed by atoms with Crippen molar-refractivity contribution in [3.05, 3.63) is 41.5 Å². The fourth-order valence-electron chi connectivity index (χ4n) is 0.861. The van der Waals surface area contributed by atoms with Crippen molar-refractivity contribution in [3.63, 3.8) is 0 Å². The molecule has 0 aliphatic carbocycles. The van der Waals surface area contributed by atoms with Gasteiger partial charge in [0.2, 0.25) is 0 Å². The Morgan fingerprint density at radius 1 is 1.33 bits per heavy atom. The van der Waals surface area contributed by atoms with Gasteiger partial charge < -0.3 is 5.11 Å². The molecule has 1 aromatic carbocycles. The number of carboxylic acids is 1. The average Bonchev–Trinajstić information content (AvgIpc) is 2.06. The summed E-state index contributed by atoms with van der Waals surface area (Å²) >= 11 is 0. The summed E-state index contributed by atoms with van der Waals surface area (Å²) in [4.78, 5) is 10.4. The van der Waals surface area contributed by atoms with E-state index >= 15 is 0 Å². The van der Waals surface area contributed by atoms with Crippen LogP contribution in [0.25, 0.3) is 6.08 Å². The van der Waals surface area contributed by atoms with Crippen LogP contribution in [-0.4, -0.2) is 11.1 Å². The van der Waals surface area contributed by atoms with Gasteiger partial charge in [-0.25, -0.2) is 4.79 Å². The summed E-state index contributed by atoms with van der Waals surface area (Å²) in [7, 11) is 0. The van der Waals surface area contributed by atoms with Crippen LogP contribution in [0, 0.1) is 0 Å². The maximum Gasteiger partial charge on any atom is 0.331 e. The molecule has 0 aromatic heterocycles. The van der Waals surface area contributed by atoms with Crippen LogP contribution < -0.4 is 0 Å². The summed E-state index contributed by atoms with van der Waals surface area (Å²) in [5, 5.41) is 8.58. The van der Waals surface area contributed by atoms with E-state index in [1.807, 2.05) is 30.3 Å². The second kappa shape index (κ2) is 3.72. The third-order valence-corrected chi connectivity index (χ3v) is 1.52. The highest BCUT2D eigenvalue weighted by Gasteiger charge is 1.98. The number of benzene rings is 1. The molecule has 0 fully saturated rings. The maximum atomic E-state index is 10.4. The topological polar surface area (TPSA) is 37.3 Å². The molecule has 0 saturated heterocycles. The zero-order valence-corrected chi connectivity index (χ0v) is 6.82. The van der Waals surface area contributed by atoms with E-state index in [2.05, 4.69) is 0 Å². The zero-order chi connectivity index (χ0) is 8.97. The van der Waals surface area contributed by atoms with E-state index in [-0.39, 0.29) is 0 Å². The Morgan fingerprint density at radius 2 is 1.92 bits per heavy atom. The van der Waals surface area contributed by atoms with Gasteiger partial charge in [0.1, 0.15) is 0 Å². The molecule has 0 saturated carbocycles. The monoisotopic (exact) mass is 162 g/mol. The lowest BCUT2D eigenvalue weighted by atomic mass is 10.1. The molecule has 0 heterocycles. The number of carbonyl (C=O) groups is 1. The van der Waals surface area contributed by atoms with Crippen LogP contribution in [0.4, 0.5) is 0 Å². The molecule has 12 heavy (non-hydrogen) atoms. The Kier molecular flexibility index (Phi) is 2.64. The van der Waals surface area contributed by atoms with Crippen LogP contribution >= 0.6 is 0 Å². The van der Waals surface area contributed by atoms with Crippen molar-refractivity contribution in [2.24, 2.45) is 0 Å². The van der Waals surface area contributed by atoms with Gasteiger partial charge in [-0.05, 0) is 18.6 Å². The Hall–Kier alpha value is -1.57. The zero-order valence-electron chi connectivity index (χ0n) is 6.82. The quantitative estimate of drug-likeness (QED) is 0.676. The van der Waals surface area contributed by atoms with Crippen LogP contribution in [0.15, 0.2) is 35.9 Å². The fourth-order valence-corrected chi connectivity index (χ4v) is 0.861. The van der Waals surface area contributed by atoms with E-state index in [9.17, 15) is 4.79 Å². The first-order valence-electron chi connectivity index (χ1n) is 3.67. The molecule has 0 aliphatic rings. The maximum absolute atomic E-state index is 10.4. The fraction of sp³-hybridized carbons (Fsp3) is 0.100. The van der Waals surface area contributed by atoms with Gasteiger partial charge in [-0.3, -0.25) is 0 Å². The smallest absolute Gasteiger partial charge is 0.331 e. The predicted octanol–water partition coefficient (Wildman–Crippen LogP) is 2.17. The van der Waals surface area contributed by atoms with Gasteiger partial charge in [-0.2, -0.15) is 0 Å². The third-order valence-electron chi connectivity index (χ3n) is 1.52. The van der Waals surface area contributed by atoms with Crippen molar-refractivity contribution in [3.8, 4) is 0 Å². The first kappa shape index (κ1) is 8.53. The molecular formula is C10H10O2. The molecule has 0 bridgehead atoms. The highest BCUT2D eigenvalue weighted by molar-refractivity contribution is 5.91. The molecule has 1 N–H and O–H groups in total. The Labute approximate surface area is 71.2 Å². The van der Waals surface area contributed by atoms with Crippen molar-refractivity contribution in [2.75, 3.05) is 0 Å². The standard InChI is InChI=1S/C10H10O2/c1-8(10(11)12)7-9-5-3-2-4-6-9/h2-7H,1H3,(H,11,12)/b8-7-. The van der Waals surface area contributed by atoms with Gasteiger partial charge in [0.05, 0.1) is 0 Å². The normalized spacial score (nSPS) is 11.2. The molecular weight excluding hydrogens is 152 g/mol. The summed E-state index contributed by atoms with van der Waals surface area (Å²) in [5.41, 5.74) is 1.26. The summed E-state index contributed by atoms with van der Waals surface area (Å²) in [5.74, 6) is -0.876. The van der Waals surface area contributed by atoms with E-state index in [0.717, 1.165) is 5.56 Å². The predicted molar refractivity (Wildman–Crippen MR) is 47.7 cm³/mol. The molecule has 0 radical (unpaired) electrons. The molecule has 0 unspecified atom stereocenters. The van der Waals surface area contributed by atoms with Crippen LogP contribution in [-0.2, 0) is 4.79 Å². The summed E-state index contributed by atoms with van der Waals surface area (Å²) in [6, 6.07) is 9.38. The lowest BCUT2D eigenvalue weighted by molar-refractivity contribution is -0.132. The third kappa shape index (κ3) is 2.23. The molecule has 62 valence electrons. The minimum absolute atomic E-state index is 0.348. The molecule has 0 aliphatic heterocycles. The van der Waals surface area contributed by atoms with E-state index in [1.165, 1.54) is 0 Å². The average molecular weight is 162 g/mol. The van der Waals surface area contributed by atoms with Gasteiger partial charge >= 0.3 is 5.97 Å². The molecule has 1 rings (SSSR count). The number of hydrogen-bond acceptors (Lipinski definition) is 1. The summed E-state index contributed by atoms with van der Waals surface area (Å²) < 4.78 is 0. The second-order valence-electron chi connectivity index (χ2n) is 2.54. The van der Waals surface area contributed by atoms with Crippen LogP contribution in [0.2, 0.25) is 0 Å². The lowest BCUT2D eigenvalue weighted by Gasteiger charge is -1.93. The molecule has 2 heteroatoms. The summed E-state index contributed by atoms with van der Waals surface area (Å²) in [6.07, 6.45) is 1.64. The number of hydrogen-bond donors (Lipinski definition) is 1.